The van der Waals surface area contributed by atoms with E-state index in [1.807, 2.05) is 42.8 Å². The maximum atomic E-state index is 9.10. The molecule has 5 nitrogen and oxygen atoms in total. The van der Waals surface area contributed by atoms with Gasteiger partial charge in [0.1, 0.15) is 5.75 Å². The molecule has 0 aliphatic rings. The van der Waals surface area contributed by atoms with Crippen LogP contribution in [-0.4, -0.2) is 28.1 Å². The van der Waals surface area contributed by atoms with Gasteiger partial charge in [-0.2, -0.15) is 5.10 Å². The monoisotopic (exact) mass is 331 g/mol. The summed E-state index contributed by atoms with van der Waals surface area (Å²) in [4.78, 5) is 0. The first kappa shape index (κ1) is 18.3. The Labute approximate surface area is 144 Å². The number of aromatic nitrogens is 2. The summed E-state index contributed by atoms with van der Waals surface area (Å²) in [5.41, 5.74) is 4.30. The Morgan fingerprint density at radius 3 is 2.79 bits per heavy atom. The molecule has 0 aliphatic heterocycles. The molecule has 2 rings (SSSR count). The molecule has 1 aromatic carbocycles. The first-order valence-corrected chi connectivity index (χ1v) is 8.61. The molecule has 0 saturated heterocycles. The highest BCUT2D eigenvalue weighted by Gasteiger charge is 2.11. The lowest BCUT2D eigenvalue weighted by Crippen LogP contribution is -2.07. The van der Waals surface area contributed by atoms with E-state index in [2.05, 4.69) is 24.3 Å². The summed E-state index contributed by atoms with van der Waals surface area (Å²) in [7, 11) is 0. The van der Waals surface area contributed by atoms with Gasteiger partial charge in [0, 0.05) is 29.6 Å². The molecular weight excluding hydrogens is 302 g/mol. The van der Waals surface area contributed by atoms with Crippen LogP contribution >= 0.6 is 0 Å². The predicted molar refractivity (Wildman–Crippen MR) is 97.5 cm³/mol. The lowest BCUT2D eigenvalue weighted by molar-refractivity contribution is 0.268. The molecule has 0 aliphatic carbocycles. The number of benzene rings is 1. The van der Waals surface area contributed by atoms with Gasteiger partial charge >= 0.3 is 0 Å². The number of ether oxygens (including phenoxy) is 1. The zero-order valence-corrected chi connectivity index (χ0v) is 15.2. The summed E-state index contributed by atoms with van der Waals surface area (Å²) in [6, 6.07) is 8.06. The molecule has 0 bridgehead atoms. The third kappa shape index (κ3) is 4.99. The molecule has 0 spiro atoms. The van der Waals surface area contributed by atoms with Crippen molar-refractivity contribution in [1.82, 2.24) is 9.78 Å². The number of anilines is 1. The topological polar surface area (TPSA) is 59.3 Å². The van der Waals surface area contributed by atoms with E-state index < -0.39 is 0 Å². The van der Waals surface area contributed by atoms with Crippen molar-refractivity contribution in [3.63, 3.8) is 0 Å². The van der Waals surface area contributed by atoms with Crippen LogP contribution < -0.4 is 10.1 Å². The van der Waals surface area contributed by atoms with E-state index in [1.165, 1.54) is 5.56 Å². The van der Waals surface area contributed by atoms with Gasteiger partial charge in [0.05, 0.1) is 25.5 Å². The van der Waals surface area contributed by atoms with Crippen LogP contribution in [0, 0.1) is 19.8 Å². The Morgan fingerprint density at radius 1 is 1.29 bits per heavy atom. The fourth-order valence-corrected chi connectivity index (χ4v) is 2.60. The van der Waals surface area contributed by atoms with E-state index in [-0.39, 0.29) is 6.61 Å². The third-order valence-electron chi connectivity index (χ3n) is 4.11. The molecule has 0 fully saturated rings. The first-order valence-electron chi connectivity index (χ1n) is 8.61. The Morgan fingerprint density at radius 2 is 2.08 bits per heavy atom. The number of aliphatic hydroxyl groups excluding tert-OH is 1. The molecule has 0 saturated carbocycles. The zero-order chi connectivity index (χ0) is 17.5. The van der Waals surface area contributed by atoms with Gasteiger partial charge < -0.3 is 15.2 Å². The van der Waals surface area contributed by atoms with Crippen molar-refractivity contribution in [2.45, 2.75) is 47.2 Å². The minimum Gasteiger partial charge on any atom is -0.494 e. The van der Waals surface area contributed by atoms with Gasteiger partial charge in [-0.15, -0.1) is 0 Å². The Bertz CT molecular complexity index is 650. The van der Waals surface area contributed by atoms with Crippen LogP contribution in [0.3, 0.4) is 0 Å². The van der Waals surface area contributed by atoms with Gasteiger partial charge in [-0.05, 0) is 38.3 Å². The van der Waals surface area contributed by atoms with Crippen molar-refractivity contribution in [2.24, 2.45) is 5.92 Å². The summed E-state index contributed by atoms with van der Waals surface area (Å²) in [5.74, 6) is 1.54. The van der Waals surface area contributed by atoms with Crippen LogP contribution in [0.1, 0.15) is 37.2 Å². The predicted octanol–water partition coefficient (Wildman–Crippen LogP) is 3.53. The van der Waals surface area contributed by atoms with Crippen molar-refractivity contribution < 1.29 is 9.84 Å². The zero-order valence-electron chi connectivity index (χ0n) is 15.2. The molecule has 0 unspecified atom stereocenters. The number of nitrogens with zero attached hydrogens (tertiary/aromatic N) is 2. The molecule has 1 aromatic heterocycles. The molecule has 2 aromatic rings. The van der Waals surface area contributed by atoms with E-state index in [0.717, 1.165) is 35.9 Å². The van der Waals surface area contributed by atoms with Crippen molar-refractivity contribution >= 4 is 5.69 Å². The Hall–Kier alpha value is -2.01. The normalized spacial score (nSPS) is 11.1. The minimum absolute atomic E-state index is 0.102. The van der Waals surface area contributed by atoms with Crippen LogP contribution in [0.2, 0.25) is 0 Å². The van der Waals surface area contributed by atoms with Crippen molar-refractivity contribution in [3.05, 3.63) is 41.2 Å². The quantitative estimate of drug-likeness (QED) is 0.738. The standard InChI is InChI=1S/C19H29N3O2/c1-14(2)8-11-24-18-7-5-6-17(12-18)20-13-19-15(3)21-22(9-10-23)16(19)4/h5-7,12,14,20,23H,8-11,13H2,1-4H3. The van der Waals surface area contributed by atoms with E-state index in [4.69, 9.17) is 9.84 Å². The van der Waals surface area contributed by atoms with Crippen LogP contribution in [0.25, 0.3) is 0 Å². The smallest absolute Gasteiger partial charge is 0.121 e. The lowest BCUT2D eigenvalue weighted by Gasteiger charge is -2.11. The maximum Gasteiger partial charge on any atom is 0.121 e. The third-order valence-corrected chi connectivity index (χ3v) is 4.11. The highest BCUT2D eigenvalue weighted by Crippen LogP contribution is 2.20. The summed E-state index contributed by atoms with van der Waals surface area (Å²) in [6.45, 7) is 10.5. The molecule has 0 atom stereocenters. The lowest BCUT2D eigenvalue weighted by atomic mass is 10.1. The summed E-state index contributed by atoms with van der Waals surface area (Å²) in [5, 5.41) is 17.0. The first-order chi connectivity index (χ1) is 11.5. The molecule has 1 heterocycles. The molecule has 24 heavy (non-hydrogen) atoms. The van der Waals surface area contributed by atoms with Gasteiger partial charge in [-0.3, -0.25) is 4.68 Å². The van der Waals surface area contributed by atoms with Gasteiger partial charge in [0.15, 0.2) is 0 Å². The second-order valence-corrected chi connectivity index (χ2v) is 6.51. The fourth-order valence-electron chi connectivity index (χ4n) is 2.60. The highest BCUT2D eigenvalue weighted by molar-refractivity contribution is 5.49. The van der Waals surface area contributed by atoms with Crippen LogP contribution in [0.4, 0.5) is 5.69 Å². The number of hydrogen-bond donors (Lipinski definition) is 2. The van der Waals surface area contributed by atoms with Crippen LogP contribution in [0.15, 0.2) is 24.3 Å². The summed E-state index contributed by atoms with van der Waals surface area (Å²) < 4.78 is 7.67. The number of nitrogens with one attached hydrogen (secondary N) is 1. The molecular formula is C19H29N3O2. The van der Waals surface area contributed by atoms with E-state index in [9.17, 15) is 0 Å². The van der Waals surface area contributed by atoms with Crippen LogP contribution in [-0.2, 0) is 13.1 Å². The van der Waals surface area contributed by atoms with Crippen molar-refractivity contribution in [2.75, 3.05) is 18.5 Å². The molecule has 0 radical (unpaired) electrons. The summed E-state index contributed by atoms with van der Waals surface area (Å²) >= 11 is 0. The van der Waals surface area contributed by atoms with Gasteiger partial charge in [-0.25, -0.2) is 0 Å². The Kier molecular flexibility index (Phi) is 6.67. The van der Waals surface area contributed by atoms with Crippen molar-refractivity contribution in [1.29, 1.82) is 0 Å². The molecule has 0 amide bonds. The van der Waals surface area contributed by atoms with E-state index >= 15 is 0 Å². The number of hydrogen-bond acceptors (Lipinski definition) is 4. The summed E-state index contributed by atoms with van der Waals surface area (Å²) in [6.07, 6.45) is 1.06. The Balaban J connectivity index is 1.97. The second kappa shape index (κ2) is 8.73. The van der Waals surface area contributed by atoms with Gasteiger partial charge in [0.25, 0.3) is 0 Å². The molecule has 132 valence electrons. The van der Waals surface area contributed by atoms with E-state index in [1.54, 1.807) is 0 Å². The van der Waals surface area contributed by atoms with Crippen LogP contribution in [0.5, 0.6) is 5.75 Å². The van der Waals surface area contributed by atoms with E-state index in [0.29, 0.717) is 19.0 Å². The highest BCUT2D eigenvalue weighted by atomic mass is 16.5. The number of aryl methyl sites for hydroxylation is 1. The number of rotatable bonds is 9. The molecule has 2 N–H and O–H groups in total. The fraction of sp³-hybridized carbons (Fsp3) is 0.526. The number of aliphatic hydroxyl groups is 1. The van der Waals surface area contributed by atoms with Gasteiger partial charge in [-0.1, -0.05) is 19.9 Å². The molecule has 5 heteroatoms. The average Bonchev–Trinajstić information content (AvgIpc) is 2.80. The minimum atomic E-state index is 0.102. The largest absolute Gasteiger partial charge is 0.494 e. The second-order valence-electron chi connectivity index (χ2n) is 6.51. The average molecular weight is 331 g/mol. The maximum absolute atomic E-state index is 9.10. The SMILES string of the molecule is Cc1nn(CCO)c(C)c1CNc1cccc(OCCC(C)C)c1. The van der Waals surface area contributed by atoms with Crippen molar-refractivity contribution in [3.8, 4) is 5.75 Å². The van der Waals surface area contributed by atoms with Gasteiger partial charge in [0.2, 0.25) is 0 Å².